The second-order valence-corrected chi connectivity index (χ2v) is 8.29. The molecular weight excluding hydrogens is 338 g/mol. The quantitative estimate of drug-likeness (QED) is 0.706. The van der Waals surface area contributed by atoms with Gasteiger partial charge in [0.2, 0.25) is 0 Å². The highest BCUT2D eigenvalue weighted by Crippen LogP contribution is 2.38. The normalized spacial score (nSPS) is 12.7. The molecule has 6 heteroatoms. The van der Waals surface area contributed by atoms with Gasteiger partial charge in [-0.25, -0.2) is 4.79 Å². The molecule has 1 atom stereocenters. The number of thiophene rings is 1. The van der Waals surface area contributed by atoms with Gasteiger partial charge in [0, 0.05) is 4.88 Å². The Morgan fingerprint density at radius 1 is 1.36 bits per heavy atom. The van der Waals surface area contributed by atoms with E-state index in [9.17, 15) is 9.59 Å². The molecule has 0 unspecified atom stereocenters. The van der Waals surface area contributed by atoms with Crippen molar-refractivity contribution in [1.82, 2.24) is 0 Å². The number of anilines is 1. The van der Waals surface area contributed by atoms with Crippen molar-refractivity contribution in [2.24, 2.45) is 5.41 Å². The molecule has 0 fully saturated rings. The SMILES string of the molecule is CCOC(=O)c1cc([C@@H](C)CC(C)(C)C)sc1NC(=O)c1ccco1. The van der Waals surface area contributed by atoms with E-state index in [1.165, 1.54) is 17.6 Å². The van der Waals surface area contributed by atoms with Gasteiger partial charge in [-0.15, -0.1) is 11.3 Å². The van der Waals surface area contributed by atoms with E-state index in [0.29, 0.717) is 10.6 Å². The lowest BCUT2D eigenvalue weighted by molar-refractivity contribution is 0.0528. The third-order valence-electron chi connectivity index (χ3n) is 3.62. The molecule has 1 amide bonds. The van der Waals surface area contributed by atoms with Gasteiger partial charge in [0.05, 0.1) is 18.4 Å². The van der Waals surface area contributed by atoms with Crippen LogP contribution >= 0.6 is 11.3 Å². The molecule has 0 aliphatic heterocycles. The molecule has 2 aromatic heterocycles. The van der Waals surface area contributed by atoms with Crippen molar-refractivity contribution in [3.8, 4) is 0 Å². The van der Waals surface area contributed by atoms with Crippen LogP contribution in [0.25, 0.3) is 0 Å². The molecular formula is C19H25NO4S. The van der Waals surface area contributed by atoms with Gasteiger partial charge in [0.15, 0.2) is 5.76 Å². The van der Waals surface area contributed by atoms with Crippen LogP contribution in [0.5, 0.6) is 0 Å². The van der Waals surface area contributed by atoms with Crippen LogP contribution in [0.2, 0.25) is 0 Å². The molecule has 0 aromatic carbocycles. The van der Waals surface area contributed by atoms with Crippen molar-refractivity contribution in [1.29, 1.82) is 0 Å². The molecule has 0 spiro atoms. The Morgan fingerprint density at radius 2 is 2.08 bits per heavy atom. The largest absolute Gasteiger partial charge is 0.462 e. The summed E-state index contributed by atoms with van der Waals surface area (Å²) < 4.78 is 10.2. The number of rotatable bonds is 6. The standard InChI is InChI=1S/C19H25NO4S/c1-6-23-18(22)13-10-15(12(2)11-19(3,4)5)25-17(13)20-16(21)14-8-7-9-24-14/h7-10,12H,6,11H2,1-5H3,(H,20,21)/t12-/m0/s1. The van der Waals surface area contributed by atoms with E-state index in [1.54, 1.807) is 19.1 Å². The van der Waals surface area contributed by atoms with Crippen molar-refractivity contribution < 1.29 is 18.7 Å². The van der Waals surface area contributed by atoms with Crippen molar-refractivity contribution in [2.45, 2.75) is 47.0 Å². The molecule has 25 heavy (non-hydrogen) atoms. The number of carbonyl (C=O) groups is 2. The first-order valence-corrected chi connectivity index (χ1v) is 9.18. The van der Waals surface area contributed by atoms with E-state index in [2.05, 4.69) is 33.0 Å². The highest BCUT2D eigenvalue weighted by molar-refractivity contribution is 7.16. The van der Waals surface area contributed by atoms with E-state index >= 15 is 0 Å². The lowest BCUT2D eigenvalue weighted by atomic mass is 9.85. The number of nitrogens with one attached hydrogen (secondary N) is 1. The van der Waals surface area contributed by atoms with E-state index in [4.69, 9.17) is 9.15 Å². The molecule has 2 aromatic rings. The van der Waals surface area contributed by atoms with Crippen LogP contribution in [0.4, 0.5) is 5.00 Å². The summed E-state index contributed by atoms with van der Waals surface area (Å²) in [6, 6.07) is 5.05. The molecule has 136 valence electrons. The number of furan rings is 1. The minimum Gasteiger partial charge on any atom is -0.462 e. The number of amides is 1. The second kappa shape index (κ2) is 7.87. The number of ether oxygens (including phenoxy) is 1. The first-order valence-electron chi connectivity index (χ1n) is 8.37. The molecule has 0 bridgehead atoms. The van der Waals surface area contributed by atoms with Crippen LogP contribution in [0.3, 0.4) is 0 Å². The monoisotopic (exact) mass is 363 g/mol. The van der Waals surface area contributed by atoms with E-state index < -0.39 is 5.97 Å². The third kappa shape index (κ3) is 5.19. The fourth-order valence-corrected chi connectivity index (χ4v) is 3.79. The molecule has 0 saturated carbocycles. The Hall–Kier alpha value is -2.08. The van der Waals surface area contributed by atoms with E-state index in [1.807, 2.05) is 6.07 Å². The minimum absolute atomic E-state index is 0.172. The summed E-state index contributed by atoms with van der Waals surface area (Å²) in [6.45, 7) is 10.7. The summed E-state index contributed by atoms with van der Waals surface area (Å²) in [6.07, 6.45) is 2.41. The van der Waals surface area contributed by atoms with Gasteiger partial charge in [0.1, 0.15) is 5.00 Å². The van der Waals surface area contributed by atoms with Crippen LogP contribution in [0.1, 0.15) is 72.7 Å². The summed E-state index contributed by atoms with van der Waals surface area (Å²) in [5, 5.41) is 3.27. The lowest BCUT2D eigenvalue weighted by Crippen LogP contribution is -2.13. The molecule has 1 N–H and O–H groups in total. The van der Waals surface area contributed by atoms with Crippen LogP contribution in [0.15, 0.2) is 28.9 Å². The van der Waals surface area contributed by atoms with Gasteiger partial charge in [0.25, 0.3) is 5.91 Å². The maximum atomic E-state index is 12.3. The zero-order valence-corrected chi connectivity index (χ0v) is 16.2. The molecule has 0 saturated heterocycles. The van der Waals surface area contributed by atoms with E-state index in [0.717, 1.165) is 11.3 Å². The number of esters is 1. The van der Waals surface area contributed by atoms with Crippen LogP contribution in [-0.4, -0.2) is 18.5 Å². The number of carbonyl (C=O) groups excluding carboxylic acids is 2. The highest BCUT2D eigenvalue weighted by Gasteiger charge is 2.24. The zero-order chi connectivity index (χ0) is 18.6. The van der Waals surface area contributed by atoms with Crippen LogP contribution < -0.4 is 5.32 Å². The average Bonchev–Trinajstić information content (AvgIpc) is 3.15. The predicted octanol–water partition coefficient (Wildman–Crippen LogP) is 5.31. The molecule has 0 aliphatic carbocycles. The summed E-state index contributed by atoms with van der Waals surface area (Å²) in [5.74, 6) is -0.338. The fourth-order valence-electron chi connectivity index (χ4n) is 2.70. The molecule has 2 rings (SSSR count). The molecule has 0 radical (unpaired) electrons. The Labute approximate surface area is 152 Å². The molecule has 0 aliphatic rings. The van der Waals surface area contributed by atoms with Crippen LogP contribution in [-0.2, 0) is 4.74 Å². The Balaban J connectivity index is 2.29. The van der Waals surface area contributed by atoms with Gasteiger partial charge in [-0.05, 0) is 42.9 Å². The third-order valence-corrected chi connectivity index (χ3v) is 4.90. The Kier molecular flexibility index (Phi) is 6.06. The van der Waals surface area contributed by atoms with Crippen molar-refractivity contribution >= 4 is 28.2 Å². The summed E-state index contributed by atoms with van der Waals surface area (Å²) in [7, 11) is 0. The Morgan fingerprint density at radius 3 is 2.64 bits per heavy atom. The smallest absolute Gasteiger partial charge is 0.341 e. The fraction of sp³-hybridized carbons (Fsp3) is 0.474. The average molecular weight is 363 g/mol. The minimum atomic E-state index is -0.428. The first kappa shape index (κ1) is 19.2. The summed E-state index contributed by atoms with van der Waals surface area (Å²) >= 11 is 1.41. The lowest BCUT2D eigenvalue weighted by Gasteiger charge is -2.22. The van der Waals surface area contributed by atoms with Crippen molar-refractivity contribution in [3.05, 3.63) is 40.7 Å². The van der Waals surface area contributed by atoms with Gasteiger partial charge in [-0.3, -0.25) is 4.79 Å². The van der Waals surface area contributed by atoms with Crippen LogP contribution in [0, 0.1) is 5.41 Å². The molecule has 2 heterocycles. The Bertz CT molecular complexity index is 725. The maximum absolute atomic E-state index is 12.3. The van der Waals surface area contributed by atoms with Gasteiger partial charge >= 0.3 is 5.97 Å². The molecule has 5 nitrogen and oxygen atoms in total. The number of hydrogen-bond acceptors (Lipinski definition) is 5. The van der Waals surface area contributed by atoms with Crippen molar-refractivity contribution in [2.75, 3.05) is 11.9 Å². The summed E-state index contributed by atoms with van der Waals surface area (Å²) in [4.78, 5) is 25.6. The first-order chi connectivity index (χ1) is 11.7. The topological polar surface area (TPSA) is 68.5 Å². The maximum Gasteiger partial charge on any atom is 0.341 e. The zero-order valence-electron chi connectivity index (χ0n) is 15.3. The second-order valence-electron chi connectivity index (χ2n) is 7.21. The van der Waals surface area contributed by atoms with E-state index in [-0.39, 0.29) is 29.6 Å². The summed E-state index contributed by atoms with van der Waals surface area (Å²) in [5.41, 5.74) is 0.563. The van der Waals surface area contributed by atoms with Gasteiger partial charge in [-0.1, -0.05) is 27.7 Å². The highest BCUT2D eigenvalue weighted by atomic mass is 32.1. The van der Waals surface area contributed by atoms with Gasteiger partial charge in [-0.2, -0.15) is 0 Å². The predicted molar refractivity (Wildman–Crippen MR) is 99.4 cm³/mol. The van der Waals surface area contributed by atoms with Crippen molar-refractivity contribution in [3.63, 3.8) is 0 Å². The number of hydrogen-bond donors (Lipinski definition) is 1. The van der Waals surface area contributed by atoms with Gasteiger partial charge < -0.3 is 14.5 Å².